The molecule has 0 fully saturated rings. The van der Waals surface area contributed by atoms with Crippen LogP contribution in [-0.4, -0.2) is 62.8 Å². The van der Waals surface area contributed by atoms with Crippen molar-refractivity contribution in [3.8, 4) is 11.5 Å². The van der Waals surface area contributed by atoms with Gasteiger partial charge in [0.1, 0.15) is 30.0 Å². The Hall–Kier alpha value is -3.72. The van der Waals surface area contributed by atoms with Crippen molar-refractivity contribution in [1.82, 2.24) is 5.06 Å². The average molecular weight is 496 g/mol. The second-order valence-electron chi connectivity index (χ2n) is 7.85. The molecule has 3 aromatic rings. The molecular weight excluding hydrogens is 465 g/mol. The number of hydrogen-bond acceptors (Lipinski definition) is 7. The second-order valence-corrected chi connectivity index (χ2v) is 7.85. The first-order valence-electron chi connectivity index (χ1n) is 11.4. The molecule has 3 rings (SSSR count). The molecule has 0 bridgehead atoms. The van der Waals surface area contributed by atoms with E-state index in [9.17, 15) is 14.3 Å². The first-order valence-corrected chi connectivity index (χ1v) is 11.4. The predicted molar refractivity (Wildman–Crippen MR) is 135 cm³/mol. The third kappa shape index (κ3) is 8.20. The fourth-order valence-corrected chi connectivity index (χ4v) is 3.34. The van der Waals surface area contributed by atoms with E-state index in [0.717, 1.165) is 0 Å². The molecule has 0 aliphatic carbocycles. The molecule has 3 aromatic carbocycles. The van der Waals surface area contributed by atoms with Gasteiger partial charge in [0, 0.05) is 12.7 Å². The van der Waals surface area contributed by atoms with Gasteiger partial charge in [-0.15, -0.1) is 5.06 Å². The monoisotopic (exact) mass is 495 g/mol. The number of nitrogens with zero attached hydrogens (tertiary/aromatic N) is 1. The molecule has 190 valence electrons. The van der Waals surface area contributed by atoms with Gasteiger partial charge >= 0.3 is 5.97 Å². The first kappa shape index (κ1) is 26.9. The molecule has 0 aliphatic rings. The highest BCUT2D eigenvalue weighted by Crippen LogP contribution is 2.23. The fraction of sp³-hybridized carbons (Fsp3) is 0.250. The number of hydroxylamine groups is 2. The van der Waals surface area contributed by atoms with Crippen molar-refractivity contribution in [3.63, 3.8) is 0 Å². The van der Waals surface area contributed by atoms with Crippen molar-refractivity contribution < 1.29 is 33.3 Å². The number of aliphatic hydroxyl groups is 1. The van der Waals surface area contributed by atoms with Gasteiger partial charge in [-0.25, -0.2) is 9.18 Å². The minimum atomic E-state index is -0.822. The van der Waals surface area contributed by atoms with E-state index in [1.165, 1.54) is 19.2 Å². The molecule has 1 unspecified atom stereocenters. The molecule has 7 nitrogen and oxygen atoms in total. The van der Waals surface area contributed by atoms with Crippen LogP contribution >= 0.6 is 0 Å². The molecule has 8 heteroatoms. The highest BCUT2D eigenvalue weighted by molar-refractivity contribution is 6.21. The lowest BCUT2D eigenvalue weighted by Gasteiger charge is -2.24. The van der Waals surface area contributed by atoms with Crippen molar-refractivity contribution in [3.05, 3.63) is 95.8 Å². The van der Waals surface area contributed by atoms with E-state index in [1.807, 2.05) is 30.3 Å². The Balaban J connectivity index is 1.61. The molecule has 0 spiro atoms. The lowest BCUT2D eigenvalue weighted by Crippen LogP contribution is -2.39. The van der Waals surface area contributed by atoms with Crippen LogP contribution in [-0.2, 0) is 14.3 Å². The van der Waals surface area contributed by atoms with Crippen LogP contribution in [0.25, 0.3) is 11.6 Å². The Morgan fingerprint density at radius 1 is 0.972 bits per heavy atom. The number of esters is 1. The topological polar surface area (TPSA) is 77.5 Å². The number of halogens is 1. The highest BCUT2D eigenvalue weighted by atomic mass is 19.1. The number of aliphatic hydroxyl groups excluding tert-OH is 1. The summed E-state index contributed by atoms with van der Waals surface area (Å²) in [6, 6.07) is 22.2. The summed E-state index contributed by atoms with van der Waals surface area (Å²) < 4.78 is 29.9. The smallest absolute Gasteiger partial charge is 0.338 e. The molecule has 0 heterocycles. The summed E-state index contributed by atoms with van der Waals surface area (Å²) >= 11 is 0. The van der Waals surface area contributed by atoms with Crippen molar-refractivity contribution in [2.75, 3.05) is 40.5 Å². The summed E-state index contributed by atoms with van der Waals surface area (Å²) in [5.74, 6) is 0.0365. The molecule has 0 aliphatic heterocycles. The average Bonchev–Trinajstić information content (AvgIpc) is 2.90. The Morgan fingerprint density at radius 3 is 2.33 bits per heavy atom. The Bertz CT molecular complexity index is 1120. The molecular formula is C28H30FNO6. The summed E-state index contributed by atoms with van der Waals surface area (Å²) in [5.41, 5.74) is 0.923. The third-order valence-corrected chi connectivity index (χ3v) is 5.14. The zero-order valence-corrected chi connectivity index (χ0v) is 20.3. The second kappa shape index (κ2) is 14.0. The Morgan fingerprint density at radius 2 is 1.67 bits per heavy atom. The number of rotatable bonds is 13. The minimum absolute atomic E-state index is 0.0411. The van der Waals surface area contributed by atoms with E-state index in [2.05, 4.69) is 0 Å². The number of para-hydroxylation sites is 1. The van der Waals surface area contributed by atoms with Gasteiger partial charge in [-0.2, -0.15) is 0 Å². The summed E-state index contributed by atoms with van der Waals surface area (Å²) in [5, 5.41) is 12.1. The number of carbonyl (C=O) groups excluding carboxylic acids is 1. The van der Waals surface area contributed by atoms with E-state index in [1.54, 1.807) is 54.6 Å². The Labute approximate surface area is 210 Å². The zero-order chi connectivity index (χ0) is 25.8. The van der Waals surface area contributed by atoms with Crippen molar-refractivity contribution in [2.24, 2.45) is 0 Å². The van der Waals surface area contributed by atoms with Crippen molar-refractivity contribution in [2.45, 2.75) is 6.10 Å². The number of methoxy groups -OCH3 is 2. The summed E-state index contributed by atoms with van der Waals surface area (Å²) in [6.45, 7) is 1.16. The number of benzene rings is 3. The van der Waals surface area contributed by atoms with Crippen LogP contribution in [0.5, 0.6) is 11.5 Å². The summed E-state index contributed by atoms with van der Waals surface area (Å²) in [7, 11) is 2.85. The standard InChI is InChI=1S/C28H30FNO6/c1-33-17-16-30(36-24-8-4-3-5-9-24)19-22(31)20-35-23-14-12-21(13-15-23)18-26(28(32)34-2)25-10-6-7-11-27(25)29/h3-15,18,22,31H,16-17,19-20H2,1-2H3/b26-18+. The van der Waals surface area contributed by atoms with E-state index in [-0.39, 0.29) is 24.3 Å². The molecule has 0 aromatic heterocycles. The maximum absolute atomic E-state index is 14.2. The van der Waals surface area contributed by atoms with E-state index >= 15 is 0 Å². The first-order chi connectivity index (χ1) is 17.5. The summed E-state index contributed by atoms with van der Waals surface area (Å²) in [4.78, 5) is 18.1. The Kier molecular flexibility index (Phi) is 10.4. The van der Waals surface area contributed by atoms with Gasteiger partial charge in [0.2, 0.25) is 0 Å². The number of ether oxygens (including phenoxy) is 3. The third-order valence-electron chi connectivity index (χ3n) is 5.14. The van der Waals surface area contributed by atoms with Crippen molar-refractivity contribution >= 4 is 17.6 Å². The van der Waals surface area contributed by atoms with Crippen LogP contribution in [0.2, 0.25) is 0 Å². The van der Waals surface area contributed by atoms with Gasteiger partial charge in [-0.1, -0.05) is 48.5 Å². The van der Waals surface area contributed by atoms with Crippen LogP contribution in [0.3, 0.4) is 0 Å². The molecule has 0 radical (unpaired) electrons. The maximum Gasteiger partial charge on any atom is 0.338 e. The van der Waals surface area contributed by atoms with Gasteiger partial charge in [0.15, 0.2) is 0 Å². The molecule has 0 saturated heterocycles. The molecule has 0 amide bonds. The minimum Gasteiger partial charge on any atom is -0.491 e. The van der Waals surface area contributed by atoms with E-state index < -0.39 is 17.9 Å². The zero-order valence-electron chi connectivity index (χ0n) is 20.3. The predicted octanol–water partition coefficient (Wildman–Crippen LogP) is 4.22. The molecule has 0 saturated carbocycles. The van der Waals surface area contributed by atoms with Crippen LogP contribution in [0.15, 0.2) is 78.9 Å². The maximum atomic E-state index is 14.2. The van der Waals surface area contributed by atoms with Crippen LogP contribution in [0.4, 0.5) is 4.39 Å². The van der Waals surface area contributed by atoms with Gasteiger partial charge in [-0.3, -0.25) is 0 Å². The molecule has 36 heavy (non-hydrogen) atoms. The quantitative estimate of drug-likeness (QED) is 0.165. The van der Waals surface area contributed by atoms with E-state index in [0.29, 0.717) is 30.2 Å². The lowest BCUT2D eigenvalue weighted by atomic mass is 10.0. The largest absolute Gasteiger partial charge is 0.491 e. The van der Waals surface area contributed by atoms with E-state index in [4.69, 9.17) is 19.0 Å². The number of hydrogen-bond donors (Lipinski definition) is 1. The molecule has 1 N–H and O–H groups in total. The van der Waals surface area contributed by atoms with Crippen LogP contribution in [0, 0.1) is 5.82 Å². The SMILES string of the molecule is COCCN(CC(O)COc1ccc(/C=C(/C(=O)OC)c2ccccc2F)cc1)Oc1ccccc1. The van der Waals surface area contributed by atoms with Gasteiger partial charge in [-0.05, 0) is 42.0 Å². The molecule has 1 atom stereocenters. The van der Waals surface area contributed by atoms with Crippen LogP contribution in [0.1, 0.15) is 11.1 Å². The fourth-order valence-electron chi connectivity index (χ4n) is 3.34. The normalized spacial score (nSPS) is 12.3. The highest BCUT2D eigenvalue weighted by Gasteiger charge is 2.17. The van der Waals surface area contributed by atoms with Gasteiger partial charge in [0.05, 0.1) is 32.4 Å². The van der Waals surface area contributed by atoms with Crippen molar-refractivity contribution in [1.29, 1.82) is 0 Å². The van der Waals surface area contributed by atoms with Gasteiger partial charge < -0.3 is 24.2 Å². The number of carbonyl (C=O) groups is 1. The van der Waals surface area contributed by atoms with Crippen LogP contribution < -0.4 is 9.57 Å². The van der Waals surface area contributed by atoms with Gasteiger partial charge in [0.25, 0.3) is 0 Å². The summed E-state index contributed by atoms with van der Waals surface area (Å²) in [6.07, 6.45) is 0.731. The lowest BCUT2D eigenvalue weighted by molar-refractivity contribution is -0.133.